The van der Waals surface area contributed by atoms with Gasteiger partial charge in [0, 0.05) is 0 Å². The fraction of sp³-hybridized carbons (Fsp3) is 0.211. The third kappa shape index (κ3) is 3.85. The second kappa shape index (κ2) is 8.19. The van der Waals surface area contributed by atoms with Crippen LogP contribution in [0.5, 0.6) is 0 Å². The number of terminal acetylenes is 2. The standard InChI is InChI=1S/C19H17BFN5O3/c1-4-8-25-12(3)18(27)26(9-5-2)16-11-22-19(24-17(16)25)23-15-7-6-13(20(28)29)10-14(15)21/h1-2,6-7,10-12,28-29H,8-9H2,3H3,(H,22,23,24)/t12-/m1/s1. The molecule has 1 atom stereocenters. The van der Waals surface area contributed by atoms with Crippen LogP contribution in [0.4, 0.5) is 27.5 Å². The maximum Gasteiger partial charge on any atom is 0.488 e. The maximum absolute atomic E-state index is 14.3. The van der Waals surface area contributed by atoms with E-state index in [0.717, 1.165) is 6.07 Å². The number of anilines is 4. The predicted molar refractivity (Wildman–Crippen MR) is 108 cm³/mol. The van der Waals surface area contributed by atoms with Gasteiger partial charge in [0.25, 0.3) is 0 Å². The number of halogens is 1. The Kier molecular flexibility index (Phi) is 5.69. The second-order valence-corrected chi connectivity index (χ2v) is 6.28. The molecule has 2 heterocycles. The maximum atomic E-state index is 14.3. The number of hydrogen-bond donors (Lipinski definition) is 3. The molecule has 29 heavy (non-hydrogen) atoms. The summed E-state index contributed by atoms with van der Waals surface area (Å²) >= 11 is 0. The van der Waals surface area contributed by atoms with Crippen molar-refractivity contribution in [3.05, 3.63) is 30.2 Å². The van der Waals surface area contributed by atoms with E-state index in [1.807, 2.05) is 0 Å². The molecule has 0 unspecified atom stereocenters. The molecule has 8 nitrogen and oxygen atoms in total. The summed E-state index contributed by atoms with van der Waals surface area (Å²) < 4.78 is 14.3. The van der Waals surface area contributed by atoms with E-state index in [0.29, 0.717) is 11.5 Å². The number of aromatic nitrogens is 2. The normalized spacial score (nSPS) is 15.4. The highest BCUT2D eigenvalue weighted by molar-refractivity contribution is 6.58. The zero-order valence-electron chi connectivity index (χ0n) is 15.5. The minimum absolute atomic E-state index is 0.0110. The highest BCUT2D eigenvalue weighted by atomic mass is 19.1. The van der Waals surface area contributed by atoms with E-state index in [4.69, 9.17) is 22.9 Å². The van der Waals surface area contributed by atoms with Crippen molar-refractivity contribution >= 4 is 41.6 Å². The van der Waals surface area contributed by atoms with Crippen molar-refractivity contribution in [1.82, 2.24) is 9.97 Å². The van der Waals surface area contributed by atoms with E-state index in [1.165, 1.54) is 23.2 Å². The van der Waals surface area contributed by atoms with Crippen LogP contribution < -0.4 is 20.6 Å². The largest absolute Gasteiger partial charge is 0.488 e. The molecular formula is C19H17BFN5O3. The molecule has 0 aliphatic carbocycles. The van der Waals surface area contributed by atoms with Gasteiger partial charge in [-0.25, -0.2) is 9.37 Å². The average molecular weight is 393 g/mol. The number of carbonyl (C=O) groups excluding carboxylic acids is 1. The van der Waals surface area contributed by atoms with Gasteiger partial charge in [-0.1, -0.05) is 17.9 Å². The first-order chi connectivity index (χ1) is 13.9. The lowest BCUT2D eigenvalue weighted by Gasteiger charge is -2.38. The summed E-state index contributed by atoms with van der Waals surface area (Å²) in [6.07, 6.45) is 12.2. The van der Waals surface area contributed by atoms with Crippen LogP contribution in [0.3, 0.4) is 0 Å². The molecule has 146 valence electrons. The van der Waals surface area contributed by atoms with E-state index in [9.17, 15) is 9.18 Å². The summed E-state index contributed by atoms with van der Waals surface area (Å²) in [6.45, 7) is 1.88. The third-order valence-corrected chi connectivity index (χ3v) is 4.45. The molecule has 1 aliphatic rings. The summed E-state index contributed by atoms with van der Waals surface area (Å²) in [5, 5.41) is 21.0. The summed E-state index contributed by atoms with van der Waals surface area (Å²) in [5.74, 6) is 4.47. The van der Waals surface area contributed by atoms with Gasteiger partial charge in [0.2, 0.25) is 11.9 Å². The Labute approximate surface area is 167 Å². The van der Waals surface area contributed by atoms with Gasteiger partial charge in [-0.15, -0.1) is 12.8 Å². The van der Waals surface area contributed by atoms with Gasteiger partial charge in [0.1, 0.15) is 17.5 Å². The number of benzene rings is 1. The quantitative estimate of drug-likeness (QED) is 0.480. The minimum atomic E-state index is -1.78. The zero-order chi connectivity index (χ0) is 21.1. The Bertz CT molecular complexity index is 1030. The Balaban J connectivity index is 1.99. The molecule has 3 rings (SSSR count). The first-order valence-electron chi connectivity index (χ1n) is 8.62. The molecule has 1 aromatic carbocycles. The summed E-state index contributed by atoms with van der Waals surface area (Å²) in [5.41, 5.74) is 0.459. The first-order valence-corrected chi connectivity index (χ1v) is 8.62. The number of rotatable bonds is 5. The summed E-state index contributed by atoms with van der Waals surface area (Å²) in [7, 11) is -1.78. The lowest BCUT2D eigenvalue weighted by molar-refractivity contribution is -0.119. The molecular weight excluding hydrogens is 376 g/mol. The lowest BCUT2D eigenvalue weighted by atomic mass is 9.80. The van der Waals surface area contributed by atoms with Gasteiger partial charge in [0.05, 0.1) is 25.0 Å². The number of fused-ring (bicyclic) bond motifs is 1. The van der Waals surface area contributed by atoms with Crippen molar-refractivity contribution < 1.29 is 19.2 Å². The van der Waals surface area contributed by atoms with Crippen LogP contribution in [0.25, 0.3) is 0 Å². The van der Waals surface area contributed by atoms with Crippen LogP contribution in [-0.2, 0) is 4.79 Å². The molecule has 0 saturated carbocycles. The number of nitrogens with zero attached hydrogens (tertiary/aromatic N) is 4. The van der Waals surface area contributed by atoms with E-state index < -0.39 is 19.0 Å². The highest BCUT2D eigenvalue weighted by Gasteiger charge is 2.36. The molecule has 2 aromatic rings. The SMILES string of the molecule is C#CCN1C(=O)[C@@H](C)N(CC#C)c2nc(Nc3ccc(B(O)O)cc3F)ncc21. The van der Waals surface area contributed by atoms with Gasteiger partial charge in [-0.3, -0.25) is 9.69 Å². The summed E-state index contributed by atoms with van der Waals surface area (Å²) in [4.78, 5) is 24.2. The van der Waals surface area contributed by atoms with Gasteiger partial charge < -0.3 is 20.3 Å². The fourth-order valence-corrected chi connectivity index (χ4v) is 2.97. The second-order valence-electron chi connectivity index (χ2n) is 6.28. The zero-order valence-corrected chi connectivity index (χ0v) is 15.5. The molecule has 3 N–H and O–H groups in total. The molecule has 1 aliphatic heterocycles. The number of nitrogens with one attached hydrogen (secondary N) is 1. The number of hydrogen-bond acceptors (Lipinski definition) is 7. The molecule has 1 amide bonds. The van der Waals surface area contributed by atoms with E-state index >= 15 is 0 Å². The average Bonchev–Trinajstić information content (AvgIpc) is 2.70. The fourth-order valence-electron chi connectivity index (χ4n) is 2.97. The Morgan fingerprint density at radius 2 is 2.03 bits per heavy atom. The van der Waals surface area contributed by atoms with Crippen LogP contribution >= 0.6 is 0 Å². The van der Waals surface area contributed by atoms with Gasteiger partial charge in [0.15, 0.2) is 5.82 Å². The minimum Gasteiger partial charge on any atom is -0.423 e. The van der Waals surface area contributed by atoms with Crippen LogP contribution in [0.1, 0.15) is 6.92 Å². The van der Waals surface area contributed by atoms with Crippen molar-refractivity contribution in [2.24, 2.45) is 0 Å². The molecule has 1 aromatic heterocycles. The number of carbonyl (C=O) groups is 1. The number of amides is 1. The molecule has 10 heteroatoms. The third-order valence-electron chi connectivity index (χ3n) is 4.45. The molecule has 0 fully saturated rings. The van der Waals surface area contributed by atoms with Crippen LogP contribution in [0.15, 0.2) is 24.4 Å². The van der Waals surface area contributed by atoms with Crippen molar-refractivity contribution in [2.75, 3.05) is 28.2 Å². The van der Waals surface area contributed by atoms with Crippen LogP contribution in [-0.4, -0.2) is 52.2 Å². The van der Waals surface area contributed by atoms with Gasteiger partial charge in [-0.05, 0) is 24.5 Å². The van der Waals surface area contributed by atoms with E-state index in [-0.39, 0.29) is 36.1 Å². The molecule has 0 bridgehead atoms. The topological polar surface area (TPSA) is 102 Å². The van der Waals surface area contributed by atoms with Crippen molar-refractivity contribution in [1.29, 1.82) is 0 Å². The first kappa shape index (κ1) is 20.1. The summed E-state index contributed by atoms with van der Waals surface area (Å²) in [6, 6.07) is 3.10. The van der Waals surface area contributed by atoms with Crippen molar-refractivity contribution in [3.8, 4) is 24.7 Å². The molecule has 0 radical (unpaired) electrons. The Morgan fingerprint density at radius 1 is 1.31 bits per heavy atom. The Hall–Kier alpha value is -3.60. The van der Waals surface area contributed by atoms with Gasteiger partial charge in [-0.2, -0.15) is 4.98 Å². The predicted octanol–water partition coefficient (Wildman–Crippen LogP) is -0.153. The van der Waals surface area contributed by atoms with Crippen molar-refractivity contribution in [3.63, 3.8) is 0 Å². The van der Waals surface area contributed by atoms with Crippen molar-refractivity contribution in [2.45, 2.75) is 13.0 Å². The van der Waals surface area contributed by atoms with Crippen LogP contribution in [0.2, 0.25) is 0 Å². The van der Waals surface area contributed by atoms with E-state index in [2.05, 4.69) is 27.1 Å². The monoisotopic (exact) mass is 393 g/mol. The smallest absolute Gasteiger partial charge is 0.423 e. The molecule has 0 saturated heterocycles. The van der Waals surface area contributed by atoms with Gasteiger partial charge >= 0.3 is 7.12 Å². The van der Waals surface area contributed by atoms with Crippen LogP contribution in [0, 0.1) is 30.5 Å². The molecule has 0 spiro atoms. The highest BCUT2D eigenvalue weighted by Crippen LogP contribution is 2.34. The van der Waals surface area contributed by atoms with E-state index in [1.54, 1.807) is 11.8 Å². The Morgan fingerprint density at radius 3 is 2.66 bits per heavy atom. The lowest BCUT2D eigenvalue weighted by Crippen LogP contribution is -2.52.